The van der Waals surface area contributed by atoms with Crippen molar-refractivity contribution in [1.82, 2.24) is 9.88 Å². The summed E-state index contributed by atoms with van der Waals surface area (Å²) in [6.45, 7) is 4.86. The number of pyridine rings is 1. The average molecular weight is 264 g/mol. The van der Waals surface area contributed by atoms with Gasteiger partial charge in [0, 0.05) is 31.5 Å². The Morgan fingerprint density at radius 2 is 2.16 bits per heavy atom. The minimum absolute atomic E-state index is 0.152. The molecule has 0 spiro atoms. The number of aromatic nitrogens is 1. The first-order valence-electron chi connectivity index (χ1n) is 7.22. The van der Waals surface area contributed by atoms with Crippen LogP contribution in [0.15, 0.2) is 10.9 Å². The van der Waals surface area contributed by atoms with Crippen LogP contribution in [0.5, 0.6) is 0 Å². The Hall–Kier alpha value is -1.13. The van der Waals surface area contributed by atoms with Gasteiger partial charge in [0.1, 0.15) is 0 Å². The second-order valence-corrected chi connectivity index (χ2v) is 5.08. The largest absolute Gasteiger partial charge is 0.383 e. The highest BCUT2D eigenvalue weighted by atomic mass is 16.5. The molecule has 1 N–H and O–H groups in total. The summed E-state index contributed by atoms with van der Waals surface area (Å²) < 4.78 is 7.07. The zero-order chi connectivity index (χ0) is 13.7. The van der Waals surface area contributed by atoms with Crippen molar-refractivity contribution < 1.29 is 4.74 Å². The maximum atomic E-state index is 12.5. The van der Waals surface area contributed by atoms with Crippen LogP contribution >= 0.6 is 0 Å². The Labute approximate surface area is 114 Å². The van der Waals surface area contributed by atoms with Gasteiger partial charge in [-0.25, -0.2) is 0 Å². The lowest BCUT2D eigenvalue weighted by Gasteiger charge is -2.22. The molecule has 106 valence electrons. The zero-order valence-corrected chi connectivity index (χ0v) is 12.0. The summed E-state index contributed by atoms with van der Waals surface area (Å²) in [4.78, 5) is 12.5. The topological polar surface area (TPSA) is 43.3 Å². The number of nitrogens with one attached hydrogen (secondary N) is 1. The highest BCUT2D eigenvalue weighted by Gasteiger charge is 2.17. The van der Waals surface area contributed by atoms with Gasteiger partial charge in [-0.1, -0.05) is 6.92 Å². The maximum absolute atomic E-state index is 12.5. The summed E-state index contributed by atoms with van der Waals surface area (Å²) in [5.74, 6) is 0. The highest BCUT2D eigenvalue weighted by molar-refractivity contribution is 5.29. The number of fused-ring (bicyclic) bond motifs is 1. The number of ether oxygens (including phenoxy) is 1. The fourth-order valence-corrected chi connectivity index (χ4v) is 2.75. The van der Waals surface area contributed by atoms with Gasteiger partial charge >= 0.3 is 0 Å². The minimum atomic E-state index is 0.152. The Kier molecular flexibility index (Phi) is 5.16. The van der Waals surface area contributed by atoms with Crippen LogP contribution in [0.3, 0.4) is 0 Å². The molecule has 0 saturated carbocycles. The minimum Gasteiger partial charge on any atom is -0.383 e. The Morgan fingerprint density at radius 3 is 2.89 bits per heavy atom. The lowest BCUT2D eigenvalue weighted by atomic mass is 9.94. The van der Waals surface area contributed by atoms with Crippen molar-refractivity contribution in [2.45, 2.75) is 45.7 Å². The molecule has 0 unspecified atom stereocenters. The third kappa shape index (κ3) is 3.25. The summed E-state index contributed by atoms with van der Waals surface area (Å²) >= 11 is 0. The molecule has 1 heterocycles. The van der Waals surface area contributed by atoms with E-state index in [1.807, 2.05) is 4.57 Å². The first-order chi connectivity index (χ1) is 9.27. The van der Waals surface area contributed by atoms with Gasteiger partial charge in [0.25, 0.3) is 5.56 Å². The number of hydrogen-bond donors (Lipinski definition) is 1. The molecule has 1 aromatic heterocycles. The van der Waals surface area contributed by atoms with E-state index in [1.54, 1.807) is 7.11 Å². The molecule has 0 amide bonds. The van der Waals surface area contributed by atoms with Crippen molar-refractivity contribution in [3.8, 4) is 0 Å². The third-order valence-electron chi connectivity index (χ3n) is 3.76. The van der Waals surface area contributed by atoms with Gasteiger partial charge in [0.15, 0.2) is 0 Å². The average Bonchev–Trinajstić information content (AvgIpc) is 2.44. The molecule has 2 rings (SSSR count). The number of hydrogen-bond acceptors (Lipinski definition) is 3. The fourth-order valence-electron chi connectivity index (χ4n) is 2.75. The molecule has 0 saturated heterocycles. The third-order valence-corrected chi connectivity index (χ3v) is 3.76. The highest BCUT2D eigenvalue weighted by Crippen LogP contribution is 2.20. The fraction of sp³-hybridized carbons (Fsp3) is 0.667. The molecule has 0 aliphatic heterocycles. The van der Waals surface area contributed by atoms with Crippen molar-refractivity contribution in [3.05, 3.63) is 33.2 Å². The molecule has 1 aromatic rings. The van der Waals surface area contributed by atoms with E-state index >= 15 is 0 Å². The van der Waals surface area contributed by atoms with E-state index in [2.05, 4.69) is 18.3 Å². The lowest BCUT2D eigenvalue weighted by molar-refractivity contribution is 0.184. The molecule has 0 atom stereocenters. The number of aryl methyl sites for hydroxylation is 1. The molecule has 0 radical (unpaired) electrons. The van der Waals surface area contributed by atoms with E-state index in [1.165, 1.54) is 24.1 Å². The van der Waals surface area contributed by atoms with Gasteiger partial charge < -0.3 is 14.6 Å². The number of nitrogens with zero attached hydrogens (tertiary/aromatic N) is 1. The van der Waals surface area contributed by atoms with Crippen LogP contribution in [0.25, 0.3) is 0 Å². The molecule has 0 fully saturated rings. The van der Waals surface area contributed by atoms with Gasteiger partial charge in [0.05, 0.1) is 6.61 Å². The van der Waals surface area contributed by atoms with Gasteiger partial charge in [0.2, 0.25) is 0 Å². The quantitative estimate of drug-likeness (QED) is 0.846. The normalized spacial score (nSPS) is 14.4. The summed E-state index contributed by atoms with van der Waals surface area (Å²) in [6, 6.07) is 2.11. The summed E-state index contributed by atoms with van der Waals surface area (Å²) in [7, 11) is 1.68. The Balaban J connectivity index is 2.38. The molecule has 0 aromatic carbocycles. The van der Waals surface area contributed by atoms with Gasteiger partial charge in [-0.05, 0) is 43.9 Å². The monoisotopic (exact) mass is 264 g/mol. The Morgan fingerprint density at radius 1 is 1.37 bits per heavy atom. The van der Waals surface area contributed by atoms with Crippen molar-refractivity contribution in [2.75, 3.05) is 20.3 Å². The van der Waals surface area contributed by atoms with Crippen LogP contribution in [0.4, 0.5) is 0 Å². The second-order valence-electron chi connectivity index (χ2n) is 5.08. The van der Waals surface area contributed by atoms with E-state index in [0.29, 0.717) is 19.7 Å². The van der Waals surface area contributed by atoms with Crippen molar-refractivity contribution in [1.29, 1.82) is 0 Å². The molecular weight excluding hydrogens is 240 g/mol. The molecule has 1 aliphatic carbocycles. The van der Waals surface area contributed by atoms with E-state index < -0.39 is 0 Å². The summed E-state index contributed by atoms with van der Waals surface area (Å²) in [5, 5.41) is 3.25. The van der Waals surface area contributed by atoms with Crippen molar-refractivity contribution in [3.63, 3.8) is 0 Å². The molecule has 4 nitrogen and oxygen atoms in total. The predicted octanol–water partition coefficient (Wildman–Crippen LogP) is 1.48. The van der Waals surface area contributed by atoms with Crippen LogP contribution in [0.1, 0.15) is 36.6 Å². The van der Waals surface area contributed by atoms with E-state index in [9.17, 15) is 4.79 Å². The standard InChI is InChI=1S/C15H24N2O2/c1-3-16-11-13-10-12-6-4-5-7-14(12)17(15(13)18)8-9-19-2/h10,16H,3-9,11H2,1-2H3. The molecule has 19 heavy (non-hydrogen) atoms. The van der Waals surface area contributed by atoms with Crippen LogP contribution in [0.2, 0.25) is 0 Å². The van der Waals surface area contributed by atoms with Crippen LogP contribution in [-0.4, -0.2) is 24.8 Å². The van der Waals surface area contributed by atoms with Crippen LogP contribution < -0.4 is 10.9 Å². The number of methoxy groups -OCH3 is 1. The van der Waals surface area contributed by atoms with Crippen molar-refractivity contribution >= 4 is 0 Å². The van der Waals surface area contributed by atoms with E-state index in [4.69, 9.17) is 4.74 Å². The van der Waals surface area contributed by atoms with Crippen LogP contribution in [-0.2, 0) is 30.7 Å². The summed E-state index contributed by atoms with van der Waals surface area (Å²) in [6.07, 6.45) is 4.54. The first kappa shape index (κ1) is 14.3. The smallest absolute Gasteiger partial charge is 0.255 e. The van der Waals surface area contributed by atoms with Gasteiger partial charge in [-0.3, -0.25) is 4.79 Å². The van der Waals surface area contributed by atoms with Gasteiger partial charge in [-0.2, -0.15) is 0 Å². The Bertz CT molecular complexity index is 480. The van der Waals surface area contributed by atoms with Crippen molar-refractivity contribution in [2.24, 2.45) is 0 Å². The predicted molar refractivity (Wildman–Crippen MR) is 76.6 cm³/mol. The zero-order valence-electron chi connectivity index (χ0n) is 12.0. The summed E-state index contributed by atoms with van der Waals surface area (Å²) in [5.41, 5.74) is 3.63. The molecule has 1 aliphatic rings. The maximum Gasteiger partial charge on any atom is 0.255 e. The molecule has 4 heteroatoms. The first-order valence-corrected chi connectivity index (χ1v) is 7.22. The van der Waals surface area contributed by atoms with E-state index in [-0.39, 0.29) is 5.56 Å². The number of rotatable bonds is 6. The molecular formula is C15H24N2O2. The molecule has 0 bridgehead atoms. The SMILES string of the molecule is CCNCc1cc2c(n(CCOC)c1=O)CCCC2. The second kappa shape index (κ2) is 6.87. The van der Waals surface area contributed by atoms with Gasteiger partial charge in [-0.15, -0.1) is 0 Å². The lowest BCUT2D eigenvalue weighted by Crippen LogP contribution is -2.32. The van der Waals surface area contributed by atoms with Crippen LogP contribution in [0, 0.1) is 0 Å². The van der Waals surface area contributed by atoms with E-state index in [0.717, 1.165) is 24.9 Å².